The second-order valence-electron chi connectivity index (χ2n) is 7.35. The Morgan fingerprint density at radius 2 is 1.96 bits per heavy atom. The number of carbonyl (C=O) groups excluding carboxylic acids is 1. The van der Waals surface area contributed by atoms with E-state index in [-0.39, 0.29) is 5.91 Å². The molecule has 5 rings (SSSR count). The quantitative estimate of drug-likeness (QED) is 0.655. The normalized spacial score (nSPS) is 18.2. The predicted octanol–water partition coefficient (Wildman–Crippen LogP) is 4.79. The molecule has 3 heterocycles. The number of piperidine rings is 1. The highest BCUT2D eigenvalue weighted by molar-refractivity contribution is 7.14. The van der Waals surface area contributed by atoms with Crippen LogP contribution in [-0.2, 0) is 12.8 Å². The molecule has 26 heavy (non-hydrogen) atoms. The maximum absolute atomic E-state index is 12.9. The third-order valence-electron chi connectivity index (χ3n) is 5.65. The first-order valence-electron chi connectivity index (χ1n) is 9.54. The molecule has 0 N–H and O–H groups in total. The number of para-hydroxylation sites is 2. The zero-order valence-corrected chi connectivity index (χ0v) is 15.6. The maximum atomic E-state index is 12.9. The van der Waals surface area contributed by atoms with E-state index in [1.54, 1.807) is 11.3 Å². The third kappa shape index (κ3) is 2.84. The van der Waals surface area contributed by atoms with Crippen LogP contribution in [0.15, 0.2) is 34.7 Å². The Labute approximate surface area is 156 Å². The fourth-order valence-corrected chi connectivity index (χ4v) is 5.37. The number of fused-ring (bicyclic) bond motifs is 2. The van der Waals surface area contributed by atoms with Gasteiger partial charge < -0.3 is 9.32 Å². The minimum absolute atomic E-state index is 0.209. The highest BCUT2D eigenvalue weighted by Crippen LogP contribution is 2.33. The lowest BCUT2D eigenvalue weighted by Gasteiger charge is -2.30. The molecule has 0 atom stereocenters. The van der Waals surface area contributed by atoms with Crippen LogP contribution in [-0.4, -0.2) is 28.9 Å². The van der Waals surface area contributed by atoms with Crippen molar-refractivity contribution in [2.24, 2.45) is 0 Å². The summed E-state index contributed by atoms with van der Waals surface area (Å²) in [5.41, 5.74) is 3.18. The number of oxazole rings is 1. The van der Waals surface area contributed by atoms with E-state index in [1.165, 1.54) is 23.3 Å². The lowest BCUT2D eigenvalue weighted by Crippen LogP contribution is -2.37. The Kier molecular flexibility index (Phi) is 4.04. The first-order valence-corrected chi connectivity index (χ1v) is 10.4. The van der Waals surface area contributed by atoms with Gasteiger partial charge in [-0.1, -0.05) is 12.1 Å². The van der Waals surface area contributed by atoms with Gasteiger partial charge in [0.2, 0.25) is 0 Å². The van der Waals surface area contributed by atoms with Crippen LogP contribution in [0.2, 0.25) is 0 Å². The summed E-state index contributed by atoms with van der Waals surface area (Å²) in [5, 5.41) is 0. The first-order chi connectivity index (χ1) is 12.8. The monoisotopic (exact) mass is 366 g/mol. The number of nitrogens with zero attached hydrogens (tertiary/aromatic N) is 2. The van der Waals surface area contributed by atoms with Crippen molar-refractivity contribution in [1.82, 2.24) is 9.88 Å². The Bertz CT molecular complexity index is 893. The Balaban J connectivity index is 1.27. The standard InChI is InChI=1S/C21H22N2O2S/c24-21(19-13-15-5-1-4-8-18(15)26-19)23-11-9-14(10-12-23)20-22-16-6-2-3-7-17(16)25-20/h2-3,6-7,13-14H,1,4-5,8-12H2. The third-order valence-corrected chi connectivity index (χ3v) is 6.87. The molecule has 5 heteroatoms. The summed E-state index contributed by atoms with van der Waals surface area (Å²) < 4.78 is 5.93. The van der Waals surface area contributed by atoms with Crippen LogP contribution < -0.4 is 0 Å². The smallest absolute Gasteiger partial charge is 0.263 e. The highest BCUT2D eigenvalue weighted by atomic mass is 32.1. The summed E-state index contributed by atoms with van der Waals surface area (Å²) in [7, 11) is 0. The zero-order valence-electron chi connectivity index (χ0n) is 14.7. The van der Waals surface area contributed by atoms with E-state index in [9.17, 15) is 4.79 Å². The van der Waals surface area contributed by atoms with E-state index in [4.69, 9.17) is 4.42 Å². The van der Waals surface area contributed by atoms with Gasteiger partial charge in [-0.2, -0.15) is 0 Å². The van der Waals surface area contributed by atoms with Gasteiger partial charge in [0.1, 0.15) is 5.52 Å². The van der Waals surface area contributed by atoms with Crippen LogP contribution in [0.3, 0.4) is 0 Å². The van der Waals surface area contributed by atoms with E-state index in [0.717, 1.165) is 60.6 Å². The lowest BCUT2D eigenvalue weighted by molar-refractivity contribution is 0.0711. The van der Waals surface area contributed by atoms with Gasteiger partial charge in [-0.3, -0.25) is 4.79 Å². The van der Waals surface area contributed by atoms with E-state index >= 15 is 0 Å². The van der Waals surface area contributed by atoms with Crippen LogP contribution in [0.25, 0.3) is 11.1 Å². The Morgan fingerprint density at radius 3 is 2.77 bits per heavy atom. The Hall–Kier alpha value is -2.14. The molecule has 1 amide bonds. The summed E-state index contributed by atoms with van der Waals surface area (Å²) in [6, 6.07) is 10.0. The fraction of sp³-hybridized carbons (Fsp3) is 0.429. The van der Waals surface area contributed by atoms with Crippen molar-refractivity contribution in [3.05, 3.63) is 51.5 Å². The molecular weight excluding hydrogens is 344 g/mol. The molecule has 1 fully saturated rings. The fourth-order valence-electron chi connectivity index (χ4n) is 4.15. The number of aryl methyl sites for hydroxylation is 2. The maximum Gasteiger partial charge on any atom is 0.263 e. The molecule has 1 saturated heterocycles. The van der Waals surface area contributed by atoms with Gasteiger partial charge in [-0.25, -0.2) is 4.98 Å². The molecule has 0 saturated carbocycles. The number of amides is 1. The summed E-state index contributed by atoms with van der Waals surface area (Å²) in [4.78, 5) is 21.9. The molecule has 2 aromatic heterocycles. The van der Waals surface area contributed by atoms with Crippen molar-refractivity contribution < 1.29 is 9.21 Å². The molecule has 1 aliphatic carbocycles. The van der Waals surface area contributed by atoms with Gasteiger partial charge in [-0.05, 0) is 62.3 Å². The van der Waals surface area contributed by atoms with Crippen molar-refractivity contribution in [2.45, 2.75) is 44.4 Å². The van der Waals surface area contributed by atoms with Crippen molar-refractivity contribution in [3.63, 3.8) is 0 Å². The molecule has 134 valence electrons. The van der Waals surface area contributed by atoms with Crippen LogP contribution in [0.4, 0.5) is 0 Å². The largest absolute Gasteiger partial charge is 0.440 e. The summed E-state index contributed by atoms with van der Waals surface area (Å²) in [6.45, 7) is 1.57. The van der Waals surface area contributed by atoms with E-state index in [1.807, 2.05) is 29.2 Å². The number of hydrogen-bond acceptors (Lipinski definition) is 4. The van der Waals surface area contributed by atoms with Gasteiger partial charge in [0.25, 0.3) is 5.91 Å². The molecule has 2 aliphatic rings. The molecule has 0 radical (unpaired) electrons. The average Bonchev–Trinajstić information content (AvgIpc) is 3.31. The first kappa shape index (κ1) is 16.1. The number of carbonyl (C=O) groups is 1. The molecule has 0 unspecified atom stereocenters. The lowest BCUT2D eigenvalue weighted by atomic mass is 9.96. The minimum Gasteiger partial charge on any atom is -0.440 e. The van der Waals surface area contributed by atoms with Crippen molar-refractivity contribution >= 4 is 28.3 Å². The second-order valence-corrected chi connectivity index (χ2v) is 8.49. The Morgan fingerprint density at radius 1 is 1.15 bits per heavy atom. The van der Waals surface area contributed by atoms with Gasteiger partial charge in [0, 0.05) is 23.9 Å². The molecule has 1 aliphatic heterocycles. The van der Waals surface area contributed by atoms with Gasteiger partial charge in [0.05, 0.1) is 4.88 Å². The van der Waals surface area contributed by atoms with Crippen LogP contribution >= 0.6 is 11.3 Å². The summed E-state index contributed by atoms with van der Waals surface area (Å²) in [5.74, 6) is 1.34. The van der Waals surface area contributed by atoms with Crippen molar-refractivity contribution in [2.75, 3.05) is 13.1 Å². The van der Waals surface area contributed by atoms with E-state index < -0.39 is 0 Å². The number of thiophene rings is 1. The predicted molar refractivity (Wildman–Crippen MR) is 103 cm³/mol. The zero-order chi connectivity index (χ0) is 17.5. The van der Waals surface area contributed by atoms with E-state index in [0.29, 0.717) is 5.92 Å². The molecule has 0 spiro atoms. The molecule has 1 aromatic carbocycles. The van der Waals surface area contributed by atoms with Gasteiger partial charge >= 0.3 is 0 Å². The topological polar surface area (TPSA) is 46.3 Å². The van der Waals surface area contributed by atoms with Gasteiger partial charge in [-0.15, -0.1) is 11.3 Å². The molecule has 3 aromatic rings. The number of rotatable bonds is 2. The number of benzene rings is 1. The minimum atomic E-state index is 0.209. The van der Waals surface area contributed by atoms with Gasteiger partial charge in [0.15, 0.2) is 11.5 Å². The number of hydrogen-bond donors (Lipinski definition) is 0. The van der Waals surface area contributed by atoms with Crippen LogP contribution in [0.1, 0.15) is 57.6 Å². The number of aromatic nitrogens is 1. The second kappa shape index (κ2) is 6.54. The van der Waals surface area contributed by atoms with Crippen LogP contribution in [0, 0.1) is 0 Å². The van der Waals surface area contributed by atoms with Crippen LogP contribution in [0.5, 0.6) is 0 Å². The van der Waals surface area contributed by atoms with E-state index in [2.05, 4.69) is 11.1 Å². The SMILES string of the molecule is O=C(c1cc2c(s1)CCCC2)N1CCC(c2nc3ccccc3o2)CC1. The summed E-state index contributed by atoms with van der Waals surface area (Å²) in [6.07, 6.45) is 6.64. The highest BCUT2D eigenvalue weighted by Gasteiger charge is 2.29. The molecular formula is C21H22N2O2S. The number of likely N-dealkylation sites (tertiary alicyclic amines) is 1. The van der Waals surface area contributed by atoms with Crippen molar-refractivity contribution in [3.8, 4) is 0 Å². The average molecular weight is 366 g/mol. The summed E-state index contributed by atoms with van der Waals surface area (Å²) >= 11 is 1.72. The van der Waals surface area contributed by atoms with Crippen molar-refractivity contribution in [1.29, 1.82) is 0 Å². The molecule has 0 bridgehead atoms. The molecule has 4 nitrogen and oxygen atoms in total.